The lowest BCUT2D eigenvalue weighted by atomic mass is 10.1. The van der Waals surface area contributed by atoms with Gasteiger partial charge in [0, 0.05) is 36.8 Å². The number of hydrogen-bond donors (Lipinski definition) is 0. The van der Waals surface area contributed by atoms with Crippen molar-refractivity contribution in [3.8, 4) is 0 Å². The van der Waals surface area contributed by atoms with E-state index in [9.17, 15) is 9.18 Å². The molecule has 0 bridgehead atoms. The highest BCUT2D eigenvalue weighted by atomic mass is 19.1. The van der Waals surface area contributed by atoms with Crippen LogP contribution in [0.2, 0.25) is 0 Å². The molecule has 0 N–H and O–H groups in total. The highest BCUT2D eigenvalue weighted by molar-refractivity contribution is 6.06. The number of carbonyl (C=O) groups is 1. The minimum Gasteiger partial charge on any atom is -0.337 e. The Labute approximate surface area is 129 Å². The van der Waals surface area contributed by atoms with E-state index in [1.807, 2.05) is 11.8 Å². The van der Waals surface area contributed by atoms with Gasteiger partial charge >= 0.3 is 0 Å². The molecule has 2 heterocycles. The number of amides is 1. The van der Waals surface area contributed by atoms with Crippen LogP contribution in [0.3, 0.4) is 0 Å². The van der Waals surface area contributed by atoms with Crippen LogP contribution in [0.15, 0.2) is 24.3 Å². The van der Waals surface area contributed by atoms with Crippen LogP contribution in [-0.4, -0.2) is 53.9 Å². The molecular formula is C17H20FN3O. The number of pyridine rings is 1. The summed E-state index contributed by atoms with van der Waals surface area (Å²) in [5.41, 5.74) is 1.88. The van der Waals surface area contributed by atoms with Crippen LogP contribution < -0.4 is 0 Å². The molecular weight excluding hydrogens is 281 g/mol. The minimum absolute atomic E-state index is 0.0115. The van der Waals surface area contributed by atoms with Gasteiger partial charge in [-0.05, 0) is 45.1 Å². The highest BCUT2D eigenvalue weighted by Gasteiger charge is 2.21. The zero-order valence-corrected chi connectivity index (χ0v) is 13.0. The van der Waals surface area contributed by atoms with Crippen LogP contribution >= 0.6 is 0 Å². The van der Waals surface area contributed by atoms with Crippen molar-refractivity contribution in [2.24, 2.45) is 0 Å². The number of carbonyl (C=O) groups excluding carboxylic acids is 1. The molecule has 22 heavy (non-hydrogen) atoms. The fourth-order valence-electron chi connectivity index (χ4n) is 2.93. The molecule has 4 nitrogen and oxygen atoms in total. The lowest BCUT2D eigenvalue weighted by Gasteiger charge is -2.21. The summed E-state index contributed by atoms with van der Waals surface area (Å²) < 4.78 is 13.4. The summed E-state index contributed by atoms with van der Waals surface area (Å²) in [4.78, 5) is 21.4. The third-order valence-corrected chi connectivity index (χ3v) is 4.14. The summed E-state index contributed by atoms with van der Waals surface area (Å²) >= 11 is 0. The van der Waals surface area contributed by atoms with Gasteiger partial charge in [0.1, 0.15) is 5.82 Å². The number of likely N-dealkylation sites (N-methyl/N-ethyl adjacent to an activating group) is 1. The van der Waals surface area contributed by atoms with Crippen LogP contribution in [0.25, 0.3) is 10.9 Å². The van der Waals surface area contributed by atoms with Gasteiger partial charge in [-0.15, -0.1) is 0 Å². The standard InChI is InChI=1S/C17H20FN3O/c1-12-10-15(14-5-4-13(18)11-16(14)19-12)17(22)21-7-3-6-20(2)8-9-21/h4-5,10-11H,3,6-9H2,1-2H3. The van der Waals surface area contributed by atoms with E-state index in [0.29, 0.717) is 11.1 Å². The van der Waals surface area contributed by atoms with Gasteiger partial charge in [-0.3, -0.25) is 9.78 Å². The zero-order chi connectivity index (χ0) is 15.7. The van der Waals surface area contributed by atoms with Crippen LogP contribution in [-0.2, 0) is 0 Å². The molecule has 3 rings (SSSR count). The number of halogens is 1. The Morgan fingerprint density at radius 1 is 1.18 bits per heavy atom. The Morgan fingerprint density at radius 3 is 2.82 bits per heavy atom. The van der Waals surface area contributed by atoms with E-state index in [0.717, 1.165) is 43.7 Å². The predicted octanol–water partition coefficient (Wildman–Crippen LogP) is 2.46. The first kappa shape index (κ1) is 14.9. The molecule has 116 valence electrons. The second-order valence-electron chi connectivity index (χ2n) is 5.92. The predicted molar refractivity (Wildman–Crippen MR) is 84.5 cm³/mol. The van der Waals surface area contributed by atoms with E-state index in [1.165, 1.54) is 12.1 Å². The van der Waals surface area contributed by atoms with E-state index in [1.54, 1.807) is 12.1 Å². The SMILES string of the molecule is Cc1cc(C(=O)N2CCCN(C)CC2)c2ccc(F)cc2n1. The average Bonchev–Trinajstić information content (AvgIpc) is 2.70. The summed E-state index contributed by atoms with van der Waals surface area (Å²) in [6, 6.07) is 6.22. The highest BCUT2D eigenvalue weighted by Crippen LogP contribution is 2.21. The number of rotatable bonds is 1. The summed E-state index contributed by atoms with van der Waals surface area (Å²) in [6.07, 6.45) is 0.971. The normalized spacial score (nSPS) is 16.8. The molecule has 1 aromatic carbocycles. The number of hydrogen-bond acceptors (Lipinski definition) is 3. The largest absolute Gasteiger partial charge is 0.337 e. The molecule has 1 fully saturated rings. The summed E-state index contributed by atoms with van der Waals surface area (Å²) in [6.45, 7) is 5.19. The first-order valence-electron chi connectivity index (χ1n) is 7.59. The molecule has 0 saturated carbocycles. The van der Waals surface area contributed by atoms with E-state index in [-0.39, 0.29) is 11.7 Å². The monoisotopic (exact) mass is 301 g/mol. The van der Waals surface area contributed by atoms with Crippen LogP contribution in [0, 0.1) is 12.7 Å². The molecule has 1 aliphatic heterocycles. The van der Waals surface area contributed by atoms with Gasteiger partial charge in [0.05, 0.1) is 11.1 Å². The second kappa shape index (κ2) is 6.01. The van der Waals surface area contributed by atoms with E-state index in [2.05, 4.69) is 16.9 Å². The molecule has 1 aliphatic rings. The van der Waals surface area contributed by atoms with Crippen molar-refractivity contribution < 1.29 is 9.18 Å². The molecule has 0 unspecified atom stereocenters. The number of aryl methyl sites for hydroxylation is 1. The topological polar surface area (TPSA) is 36.4 Å². The average molecular weight is 301 g/mol. The number of benzene rings is 1. The number of fused-ring (bicyclic) bond motifs is 1. The van der Waals surface area contributed by atoms with E-state index in [4.69, 9.17) is 0 Å². The fourth-order valence-corrected chi connectivity index (χ4v) is 2.93. The Balaban J connectivity index is 1.99. The summed E-state index contributed by atoms with van der Waals surface area (Å²) in [7, 11) is 2.07. The molecule has 0 spiro atoms. The van der Waals surface area contributed by atoms with Gasteiger partial charge < -0.3 is 9.80 Å². The maximum atomic E-state index is 13.4. The zero-order valence-electron chi connectivity index (χ0n) is 13.0. The first-order chi connectivity index (χ1) is 10.5. The Morgan fingerprint density at radius 2 is 2.00 bits per heavy atom. The van der Waals surface area contributed by atoms with Gasteiger partial charge in [0.2, 0.25) is 0 Å². The molecule has 1 saturated heterocycles. The number of nitrogens with zero attached hydrogens (tertiary/aromatic N) is 3. The van der Waals surface area contributed by atoms with Gasteiger partial charge in [0.25, 0.3) is 5.91 Å². The van der Waals surface area contributed by atoms with Crippen molar-refractivity contribution in [2.75, 3.05) is 33.2 Å². The number of aromatic nitrogens is 1. The maximum absolute atomic E-state index is 13.4. The van der Waals surface area contributed by atoms with Crippen LogP contribution in [0.4, 0.5) is 4.39 Å². The molecule has 1 aromatic heterocycles. The quantitative estimate of drug-likeness (QED) is 0.812. The van der Waals surface area contributed by atoms with Gasteiger partial charge in [0.15, 0.2) is 0 Å². The minimum atomic E-state index is -0.333. The third-order valence-electron chi connectivity index (χ3n) is 4.14. The molecule has 5 heteroatoms. The van der Waals surface area contributed by atoms with Crippen LogP contribution in [0.1, 0.15) is 22.5 Å². The van der Waals surface area contributed by atoms with Crippen molar-refractivity contribution in [1.29, 1.82) is 0 Å². The van der Waals surface area contributed by atoms with Gasteiger partial charge in [-0.25, -0.2) is 4.39 Å². The lowest BCUT2D eigenvalue weighted by Crippen LogP contribution is -2.34. The third kappa shape index (κ3) is 2.95. The molecule has 2 aromatic rings. The van der Waals surface area contributed by atoms with E-state index < -0.39 is 0 Å². The Kier molecular flexibility index (Phi) is 4.07. The molecule has 0 radical (unpaired) electrons. The fraction of sp³-hybridized carbons (Fsp3) is 0.412. The van der Waals surface area contributed by atoms with Gasteiger partial charge in [-0.1, -0.05) is 0 Å². The molecule has 1 amide bonds. The summed E-state index contributed by atoms with van der Waals surface area (Å²) in [5, 5.41) is 0.717. The second-order valence-corrected chi connectivity index (χ2v) is 5.92. The maximum Gasteiger partial charge on any atom is 0.254 e. The lowest BCUT2D eigenvalue weighted by molar-refractivity contribution is 0.0764. The molecule has 0 atom stereocenters. The molecule has 0 aliphatic carbocycles. The Hall–Kier alpha value is -2.01. The van der Waals surface area contributed by atoms with Gasteiger partial charge in [-0.2, -0.15) is 0 Å². The van der Waals surface area contributed by atoms with Crippen LogP contribution in [0.5, 0.6) is 0 Å². The van der Waals surface area contributed by atoms with Crippen molar-refractivity contribution in [1.82, 2.24) is 14.8 Å². The summed E-state index contributed by atoms with van der Waals surface area (Å²) in [5.74, 6) is -0.321. The smallest absolute Gasteiger partial charge is 0.254 e. The first-order valence-corrected chi connectivity index (χ1v) is 7.59. The van der Waals surface area contributed by atoms with E-state index >= 15 is 0 Å². The van der Waals surface area contributed by atoms with Crippen molar-refractivity contribution >= 4 is 16.8 Å². The van der Waals surface area contributed by atoms with Crippen molar-refractivity contribution in [3.63, 3.8) is 0 Å². The van der Waals surface area contributed by atoms with Crippen molar-refractivity contribution in [3.05, 3.63) is 41.3 Å². The Bertz CT molecular complexity index is 711. The van der Waals surface area contributed by atoms with Crippen molar-refractivity contribution in [2.45, 2.75) is 13.3 Å².